The molecule has 0 amide bonds. The maximum atomic E-state index is 9.40. The largest absolute Gasteiger partial charge is 0.303 e. The van der Waals surface area contributed by atoms with E-state index in [0.29, 0.717) is 17.3 Å². The highest BCUT2D eigenvalue weighted by atomic mass is 15.2. The first-order chi connectivity index (χ1) is 21.7. The van der Waals surface area contributed by atoms with E-state index in [4.69, 9.17) is 9.97 Å². The van der Waals surface area contributed by atoms with E-state index in [-0.39, 0.29) is 0 Å². The van der Waals surface area contributed by atoms with Crippen molar-refractivity contribution < 1.29 is 0 Å². The molecule has 4 aromatic heterocycles. The monoisotopic (exact) mass is 578 g/mol. The average Bonchev–Trinajstić information content (AvgIpc) is 3.74. The molecule has 7 rings (SSSR count). The van der Waals surface area contributed by atoms with Crippen LogP contribution in [0.2, 0.25) is 0 Å². The number of nitriles is 1. The Labute approximate surface area is 257 Å². The predicted octanol–water partition coefficient (Wildman–Crippen LogP) is 6.70. The van der Waals surface area contributed by atoms with Crippen molar-refractivity contribution in [3.63, 3.8) is 0 Å². The number of hydrogen-bond acceptors (Lipinski definition) is 6. The lowest BCUT2D eigenvalue weighted by molar-refractivity contribution is 0.211. The van der Waals surface area contributed by atoms with E-state index < -0.39 is 0 Å². The van der Waals surface area contributed by atoms with E-state index in [0.717, 1.165) is 85.0 Å². The molecule has 1 saturated heterocycles. The van der Waals surface area contributed by atoms with Crippen LogP contribution in [0.15, 0.2) is 91.3 Å². The molecular weight excluding hydrogens is 544 g/mol. The van der Waals surface area contributed by atoms with Crippen LogP contribution in [-0.2, 0) is 12.8 Å². The summed E-state index contributed by atoms with van der Waals surface area (Å²) in [5.41, 5.74) is 8.84. The molecule has 5 heterocycles. The third kappa shape index (κ3) is 5.62. The number of aromatic amines is 1. The first kappa shape index (κ1) is 27.7. The number of fused-ring (bicyclic) bond motifs is 1. The van der Waals surface area contributed by atoms with Crippen LogP contribution >= 0.6 is 0 Å². The first-order valence-corrected chi connectivity index (χ1v) is 15.4. The minimum absolute atomic E-state index is 0.398. The standard InChI is InChI=1S/C36H34N8/c1-2-25-10-13-31(38-24-25)36-40-35(41-42-36)30-16-19-43(20-17-30)18-14-26-8-11-28(12-9-26)33-34(29-6-4-3-5-7-29)44-21-15-27(23-37)22-32(44)39-33/h3-13,15,21-22,24,30H,2,14,16-20H2,1H3,(H,40,41,42). The number of likely N-dealkylation sites (tertiary alicyclic amines) is 1. The van der Waals surface area contributed by atoms with Crippen molar-refractivity contribution in [2.75, 3.05) is 19.6 Å². The number of aromatic nitrogens is 6. The van der Waals surface area contributed by atoms with E-state index in [1.807, 2.05) is 48.8 Å². The highest BCUT2D eigenvalue weighted by Gasteiger charge is 2.24. The van der Waals surface area contributed by atoms with E-state index in [9.17, 15) is 5.26 Å². The number of H-pyrrole nitrogens is 1. The number of aryl methyl sites for hydroxylation is 1. The molecule has 6 aromatic rings. The van der Waals surface area contributed by atoms with Gasteiger partial charge in [-0.2, -0.15) is 10.4 Å². The normalized spacial score (nSPS) is 14.2. The molecule has 1 aliphatic rings. The summed E-state index contributed by atoms with van der Waals surface area (Å²) in [4.78, 5) is 16.8. The molecular formula is C36H34N8. The van der Waals surface area contributed by atoms with Gasteiger partial charge in [-0.25, -0.2) is 9.97 Å². The summed E-state index contributed by atoms with van der Waals surface area (Å²) in [7, 11) is 0. The van der Waals surface area contributed by atoms with Crippen molar-refractivity contribution >= 4 is 5.65 Å². The summed E-state index contributed by atoms with van der Waals surface area (Å²) in [6.07, 6.45) is 7.96. The van der Waals surface area contributed by atoms with Crippen molar-refractivity contribution in [2.24, 2.45) is 0 Å². The third-order valence-electron chi connectivity index (χ3n) is 8.69. The van der Waals surface area contributed by atoms with E-state index in [1.165, 1.54) is 11.1 Å². The number of nitrogens with one attached hydrogen (secondary N) is 1. The second-order valence-corrected chi connectivity index (χ2v) is 11.4. The molecule has 0 atom stereocenters. The Balaban J connectivity index is 0.992. The second-order valence-electron chi connectivity index (χ2n) is 11.4. The van der Waals surface area contributed by atoms with Crippen molar-refractivity contribution in [3.8, 4) is 40.1 Å². The fourth-order valence-electron chi connectivity index (χ4n) is 6.07. The number of pyridine rings is 2. The Kier molecular flexibility index (Phi) is 7.70. The summed E-state index contributed by atoms with van der Waals surface area (Å²) in [6.45, 7) is 5.26. The fourth-order valence-corrected chi connectivity index (χ4v) is 6.07. The molecule has 0 aliphatic carbocycles. The van der Waals surface area contributed by atoms with E-state index in [1.54, 1.807) is 0 Å². The fraction of sp³-hybridized carbons (Fsp3) is 0.250. The molecule has 218 valence electrons. The van der Waals surface area contributed by atoms with Crippen LogP contribution in [0.4, 0.5) is 0 Å². The number of imidazole rings is 1. The minimum atomic E-state index is 0.398. The number of rotatable bonds is 8. The van der Waals surface area contributed by atoms with Gasteiger partial charge in [0.2, 0.25) is 0 Å². The van der Waals surface area contributed by atoms with Gasteiger partial charge in [0.25, 0.3) is 0 Å². The second kappa shape index (κ2) is 12.2. The van der Waals surface area contributed by atoms with Crippen LogP contribution in [0, 0.1) is 11.3 Å². The maximum absolute atomic E-state index is 9.40. The molecule has 0 spiro atoms. The zero-order valence-electron chi connectivity index (χ0n) is 24.8. The van der Waals surface area contributed by atoms with Gasteiger partial charge < -0.3 is 4.90 Å². The summed E-state index contributed by atoms with van der Waals surface area (Å²) in [5.74, 6) is 2.05. The van der Waals surface area contributed by atoms with Crippen LogP contribution in [0.25, 0.3) is 39.7 Å². The lowest BCUT2D eigenvalue weighted by atomic mass is 9.95. The van der Waals surface area contributed by atoms with Gasteiger partial charge in [-0.3, -0.25) is 14.5 Å². The van der Waals surface area contributed by atoms with Crippen molar-refractivity contribution in [1.29, 1.82) is 5.26 Å². The van der Waals surface area contributed by atoms with E-state index >= 15 is 0 Å². The van der Waals surface area contributed by atoms with Gasteiger partial charge in [0.05, 0.1) is 23.0 Å². The van der Waals surface area contributed by atoms with Crippen molar-refractivity contribution in [3.05, 3.63) is 114 Å². The number of piperidine rings is 1. The molecule has 1 fully saturated rings. The molecule has 0 unspecified atom stereocenters. The SMILES string of the molecule is CCc1ccc(-c2n[nH]c(C3CCN(CCc4ccc(-c5nc6cc(C#N)ccn6c5-c5ccccc5)cc4)CC3)n2)nc1. The average molecular weight is 579 g/mol. The Morgan fingerprint density at radius 1 is 0.909 bits per heavy atom. The van der Waals surface area contributed by atoms with Gasteiger partial charge in [-0.1, -0.05) is 67.6 Å². The Morgan fingerprint density at radius 2 is 1.70 bits per heavy atom. The van der Waals surface area contributed by atoms with Crippen LogP contribution in [0.3, 0.4) is 0 Å². The Morgan fingerprint density at radius 3 is 2.43 bits per heavy atom. The number of hydrogen-bond donors (Lipinski definition) is 1. The minimum Gasteiger partial charge on any atom is -0.303 e. The third-order valence-corrected chi connectivity index (χ3v) is 8.69. The van der Waals surface area contributed by atoms with Gasteiger partial charge >= 0.3 is 0 Å². The zero-order valence-corrected chi connectivity index (χ0v) is 24.8. The van der Waals surface area contributed by atoms with Crippen molar-refractivity contribution in [2.45, 2.75) is 38.5 Å². The lowest BCUT2D eigenvalue weighted by Gasteiger charge is -2.30. The van der Waals surface area contributed by atoms with Gasteiger partial charge in [0.1, 0.15) is 17.2 Å². The van der Waals surface area contributed by atoms with Crippen LogP contribution in [-0.4, -0.2) is 54.1 Å². The topological polar surface area (TPSA) is 98.8 Å². The van der Waals surface area contributed by atoms with E-state index in [2.05, 4.69) is 79.9 Å². The summed E-state index contributed by atoms with van der Waals surface area (Å²) < 4.78 is 2.07. The van der Waals surface area contributed by atoms with Gasteiger partial charge in [-0.15, -0.1) is 0 Å². The first-order valence-electron chi connectivity index (χ1n) is 15.4. The molecule has 0 radical (unpaired) electrons. The molecule has 8 nitrogen and oxygen atoms in total. The van der Waals surface area contributed by atoms with Crippen LogP contribution in [0.5, 0.6) is 0 Å². The molecule has 44 heavy (non-hydrogen) atoms. The molecule has 0 saturated carbocycles. The predicted molar refractivity (Wildman–Crippen MR) is 172 cm³/mol. The highest BCUT2D eigenvalue weighted by molar-refractivity contribution is 5.82. The lowest BCUT2D eigenvalue weighted by Crippen LogP contribution is -2.34. The zero-order chi connectivity index (χ0) is 29.9. The number of benzene rings is 2. The van der Waals surface area contributed by atoms with Gasteiger partial charge in [-0.05, 0) is 68.1 Å². The van der Waals surface area contributed by atoms with Crippen molar-refractivity contribution in [1.82, 2.24) is 34.4 Å². The molecule has 1 N–H and O–H groups in total. The number of nitrogens with zero attached hydrogens (tertiary/aromatic N) is 7. The summed E-state index contributed by atoms with van der Waals surface area (Å²) in [6, 6.07) is 29.1. The van der Waals surface area contributed by atoms with Gasteiger partial charge in [0, 0.05) is 36.0 Å². The molecule has 1 aliphatic heterocycles. The maximum Gasteiger partial charge on any atom is 0.199 e. The molecule has 2 aromatic carbocycles. The highest BCUT2D eigenvalue weighted by Crippen LogP contribution is 2.33. The van der Waals surface area contributed by atoms with Gasteiger partial charge in [0.15, 0.2) is 5.82 Å². The Bertz CT molecular complexity index is 1910. The molecule has 0 bridgehead atoms. The summed E-state index contributed by atoms with van der Waals surface area (Å²) in [5, 5.41) is 17.0. The van der Waals surface area contributed by atoms with Crippen LogP contribution < -0.4 is 0 Å². The smallest absolute Gasteiger partial charge is 0.199 e. The Hall–Kier alpha value is -5.13. The molecule has 8 heteroatoms. The quantitative estimate of drug-likeness (QED) is 0.216. The van der Waals surface area contributed by atoms with Crippen LogP contribution in [0.1, 0.15) is 48.2 Å². The summed E-state index contributed by atoms with van der Waals surface area (Å²) >= 11 is 0.